The summed E-state index contributed by atoms with van der Waals surface area (Å²) in [7, 11) is 0. The van der Waals surface area contributed by atoms with Crippen molar-refractivity contribution in [3.8, 4) is 0 Å². The standard InChI is InChI=1S/C32H45F7O3/c1-20-23(18-24(40)19-27(20)33)12-11-22-9-6-16-29(4)25(13-14-26(22)29)21(8-5-15-28(2,3)41)10-7-17-30(42,31(34,35)36)32(37,38)39/h7,11-12,17,21,24-27,40-42H,1,5-6,8-10,13-16,18-19H2,2-4H3/b17-7-,22-11+,23-12-/t21-,24+,25+,26-,27-,29+/m0/s1. The van der Waals surface area contributed by atoms with Crippen molar-refractivity contribution in [2.24, 2.45) is 23.2 Å². The van der Waals surface area contributed by atoms with Gasteiger partial charge < -0.3 is 15.3 Å². The number of halogens is 7. The molecule has 3 saturated carbocycles. The third-order valence-electron chi connectivity index (χ3n) is 9.86. The van der Waals surface area contributed by atoms with Gasteiger partial charge in [-0.05, 0) is 112 Å². The summed E-state index contributed by atoms with van der Waals surface area (Å²) in [4.78, 5) is 0. The van der Waals surface area contributed by atoms with Crippen LogP contribution in [0.15, 0.2) is 47.6 Å². The van der Waals surface area contributed by atoms with E-state index in [9.17, 15) is 46.1 Å². The van der Waals surface area contributed by atoms with Gasteiger partial charge in [0.2, 0.25) is 0 Å². The highest BCUT2D eigenvalue weighted by molar-refractivity contribution is 5.38. The predicted octanol–water partition coefficient (Wildman–Crippen LogP) is 8.46. The summed E-state index contributed by atoms with van der Waals surface area (Å²) in [6.45, 7) is 9.29. The van der Waals surface area contributed by atoms with Crippen molar-refractivity contribution in [3.05, 3.63) is 47.6 Å². The second kappa shape index (κ2) is 12.8. The van der Waals surface area contributed by atoms with Crippen molar-refractivity contribution >= 4 is 0 Å². The highest BCUT2D eigenvalue weighted by atomic mass is 19.4. The number of hydrogen-bond donors (Lipinski definition) is 3. The number of hydrogen-bond acceptors (Lipinski definition) is 3. The van der Waals surface area contributed by atoms with E-state index in [-0.39, 0.29) is 42.1 Å². The molecule has 3 aliphatic carbocycles. The van der Waals surface area contributed by atoms with Crippen molar-refractivity contribution < 1.29 is 46.1 Å². The van der Waals surface area contributed by atoms with Crippen molar-refractivity contribution in [1.29, 1.82) is 0 Å². The Morgan fingerprint density at radius 2 is 1.69 bits per heavy atom. The summed E-state index contributed by atoms with van der Waals surface area (Å²) >= 11 is 0. The monoisotopic (exact) mass is 610 g/mol. The Hall–Kier alpha value is -1.65. The van der Waals surface area contributed by atoms with Gasteiger partial charge in [0.15, 0.2) is 0 Å². The molecule has 0 aromatic rings. The van der Waals surface area contributed by atoms with Crippen LogP contribution < -0.4 is 0 Å². The van der Waals surface area contributed by atoms with E-state index in [1.165, 1.54) is 5.57 Å². The average Bonchev–Trinajstić information content (AvgIpc) is 3.19. The SMILES string of the molecule is C=C1/C(=C\C=C2/CCC[C@]3(C)[C@@H]([C@H](C/C=C\C(O)(C(F)(F)F)C(F)(F)F)CCCC(C)(C)O)CC[C@@H]23)C[C@@H](O)C[C@@H]1F. The second-order valence-corrected chi connectivity index (χ2v) is 13.5. The fourth-order valence-electron chi connectivity index (χ4n) is 7.53. The van der Waals surface area contributed by atoms with Crippen LogP contribution in [0.1, 0.15) is 91.4 Å². The molecule has 0 amide bonds. The molecule has 240 valence electrons. The molecular formula is C32H45F7O3. The Morgan fingerprint density at radius 3 is 2.29 bits per heavy atom. The topological polar surface area (TPSA) is 60.7 Å². The summed E-state index contributed by atoms with van der Waals surface area (Å²) in [5, 5.41) is 29.8. The first-order chi connectivity index (χ1) is 19.2. The van der Waals surface area contributed by atoms with Crippen LogP contribution in [0.25, 0.3) is 0 Å². The average molecular weight is 611 g/mol. The molecule has 3 fully saturated rings. The molecule has 3 aliphatic rings. The molecule has 0 heterocycles. The van der Waals surface area contributed by atoms with Crippen molar-refractivity contribution in [2.75, 3.05) is 0 Å². The van der Waals surface area contributed by atoms with E-state index in [1.54, 1.807) is 13.8 Å². The lowest BCUT2D eigenvalue weighted by atomic mass is 9.60. The third-order valence-corrected chi connectivity index (χ3v) is 9.86. The zero-order valence-corrected chi connectivity index (χ0v) is 24.7. The molecule has 0 unspecified atom stereocenters. The van der Waals surface area contributed by atoms with Crippen LogP contribution >= 0.6 is 0 Å². The number of rotatable bonds is 9. The Kier molecular flexibility index (Phi) is 10.6. The Morgan fingerprint density at radius 1 is 1.05 bits per heavy atom. The van der Waals surface area contributed by atoms with E-state index in [0.717, 1.165) is 38.2 Å². The number of aliphatic hydroxyl groups excluding tert-OH is 1. The van der Waals surface area contributed by atoms with E-state index < -0.39 is 35.8 Å². The summed E-state index contributed by atoms with van der Waals surface area (Å²) < 4.78 is 93.8. The van der Waals surface area contributed by atoms with Gasteiger partial charge in [-0.1, -0.05) is 43.7 Å². The second-order valence-electron chi connectivity index (χ2n) is 13.5. The van der Waals surface area contributed by atoms with Crippen LogP contribution in [0.5, 0.6) is 0 Å². The molecule has 3 nitrogen and oxygen atoms in total. The van der Waals surface area contributed by atoms with Gasteiger partial charge in [0.05, 0.1) is 11.7 Å². The Bertz CT molecular complexity index is 1040. The highest BCUT2D eigenvalue weighted by Gasteiger charge is 2.69. The van der Waals surface area contributed by atoms with Crippen molar-refractivity contribution in [1.82, 2.24) is 0 Å². The van der Waals surface area contributed by atoms with Crippen LogP contribution in [0.2, 0.25) is 0 Å². The largest absolute Gasteiger partial charge is 0.429 e. The number of alkyl halides is 7. The predicted molar refractivity (Wildman–Crippen MR) is 148 cm³/mol. The molecule has 42 heavy (non-hydrogen) atoms. The number of allylic oxidation sites excluding steroid dienone is 5. The minimum atomic E-state index is -5.91. The van der Waals surface area contributed by atoms with E-state index in [2.05, 4.69) is 13.5 Å². The molecule has 0 radical (unpaired) electrons. The molecular weight excluding hydrogens is 565 g/mol. The summed E-state index contributed by atoms with van der Waals surface area (Å²) in [6, 6.07) is 0. The van der Waals surface area contributed by atoms with Gasteiger partial charge in [0.1, 0.15) is 6.17 Å². The molecule has 0 saturated heterocycles. The fraction of sp³-hybridized carbons (Fsp3) is 0.750. The Labute approximate surface area is 244 Å². The lowest BCUT2D eigenvalue weighted by Gasteiger charge is -2.45. The molecule has 6 atom stereocenters. The minimum Gasteiger partial charge on any atom is -0.393 e. The third kappa shape index (κ3) is 7.70. The van der Waals surface area contributed by atoms with Gasteiger partial charge in [-0.2, -0.15) is 26.3 Å². The van der Waals surface area contributed by atoms with E-state index in [1.807, 2.05) is 12.2 Å². The molecule has 10 heteroatoms. The molecule has 3 N–H and O–H groups in total. The van der Waals surface area contributed by atoms with E-state index in [0.29, 0.717) is 36.8 Å². The first kappa shape index (κ1) is 34.8. The maximum atomic E-state index is 14.3. The Balaban J connectivity index is 1.87. The quantitative estimate of drug-likeness (QED) is 0.181. The molecule has 0 spiro atoms. The molecule has 0 aromatic carbocycles. The van der Waals surface area contributed by atoms with Crippen LogP contribution in [0.4, 0.5) is 30.7 Å². The van der Waals surface area contributed by atoms with Crippen molar-refractivity contribution in [3.63, 3.8) is 0 Å². The normalized spacial score (nSPS) is 32.6. The smallest absolute Gasteiger partial charge is 0.393 e. The number of fused-ring (bicyclic) bond motifs is 1. The fourth-order valence-corrected chi connectivity index (χ4v) is 7.53. The minimum absolute atomic E-state index is 0.0110. The van der Waals surface area contributed by atoms with Gasteiger partial charge in [-0.15, -0.1) is 0 Å². The van der Waals surface area contributed by atoms with Crippen LogP contribution in [-0.2, 0) is 0 Å². The molecule has 0 aromatic heterocycles. The first-order valence-electron chi connectivity index (χ1n) is 14.9. The van der Waals surface area contributed by atoms with E-state index >= 15 is 0 Å². The summed E-state index contributed by atoms with van der Waals surface area (Å²) in [6.07, 6.45) is -3.52. The van der Waals surface area contributed by atoms with Gasteiger partial charge in [0, 0.05) is 6.42 Å². The zero-order valence-electron chi connectivity index (χ0n) is 24.7. The van der Waals surface area contributed by atoms with Gasteiger partial charge in [-0.25, -0.2) is 4.39 Å². The van der Waals surface area contributed by atoms with Gasteiger partial charge in [0.25, 0.3) is 5.60 Å². The van der Waals surface area contributed by atoms with Gasteiger partial charge in [-0.3, -0.25) is 0 Å². The van der Waals surface area contributed by atoms with Crippen molar-refractivity contribution in [2.45, 2.75) is 127 Å². The highest BCUT2D eigenvalue weighted by Crippen LogP contribution is 2.60. The molecule has 0 aliphatic heterocycles. The maximum absolute atomic E-state index is 14.3. The number of aliphatic hydroxyl groups is 3. The molecule has 0 bridgehead atoms. The summed E-state index contributed by atoms with van der Waals surface area (Å²) in [5.74, 6) is -0.0847. The zero-order chi connectivity index (χ0) is 31.7. The maximum Gasteiger partial charge on any atom is 0.429 e. The van der Waals surface area contributed by atoms with Crippen LogP contribution in [-0.4, -0.2) is 51.1 Å². The summed E-state index contributed by atoms with van der Waals surface area (Å²) in [5.41, 5.74) is -3.91. The van der Waals surface area contributed by atoms with Crippen LogP contribution in [0, 0.1) is 23.2 Å². The van der Waals surface area contributed by atoms with Crippen LogP contribution in [0.3, 0.4) is 0 Å². The van der Waals surface area contributed by atoms with E-state index in [4.69, 9.17) is 0 Å². The lowest BCUT2D eigenvalue weighted by Crippen LogP contribution is -2.55. The van der Waals surface area contributed by atoms with Gasteiger partial charge >= 0.3 is 12.4 Å². The first-order valence-corrected chi connectivity index (χ1v) is 14.9. The molecule has 3 rings (SSSR count). The lowest BCUT2D eigenvalue weighted by molar-refractivity contribution is -0.347.